The van der Waals surface area contributed by atoms with Crippen molar-refractivity contribution in [3.8, 4) is 0 Å². The Hall–Kier alpha value is -0.160. The molecule has 0 saturated carbocycles. The number of aliphatic hydroxyl groups excluding tert-OH is 3. The number of hydrogen-bond donors (Lipinski definition) is 4. The van der Waals surface area contributed by atoms with Crippen LogP contribution >= 0.6 is 0 Å². The lowest BCUT2D eigenvalue weighted by molar-refractivity contribution is -0.158. The van der Waals surface area contributed by atoms with Crippen LogP contribution in [0.2, 0.25) is 0 Å². The fourth-order valence-corrected chi connectivity index (χ4v) is 0.783. The van der Waals surface area contributed by atoms with Gasteiger partial charge < -0.3 is 20.4 Å². The molecule has 0 saturated heterocycles. The van der Waals surface area contributed by atoms with Crippen LogP contribution in [0.1, 0.15) is 26.2 Å². The van der Waals surface area contributed by atoms with Crippen molar-refractivity contribution in [2.24, 2.45) is 0 Å². The van der Waals surface area contributed by atoms with Gasteiger partial charge in [-0.1, -0.05) is 19.8 Å². The van der Waals surface area contributed by atoms with Gasteiger partial charge in [0.2, 0.25) is 0 Å². The maximum atomic E-state index is 9.05. The minimum Gasteiger partial charge on any atom is -0.390 e. The summed E-state index contributed by atoms with van der Waals surface area (Å²) in [6.07, 6.45) is -2.25. The van der Waals surface area contributed by atoms with Crippen LogP contribution in [0.15, 0.2) is 0 Å². The van der Waals surface area contributed by atoms with E-state index >= 15 is 0 Å². The van der Waals surface area contributed by atoms with Crippen LogP contribution in [0.25, 0.3) is 0 Å². The summed E-state index contributed by atoms with van der Waals surface area (Å²) in [6, 6.07) is 0. The van der Waals surface area contributed by atoms with Crippen molar-refractivity contribution < 1.29 is 20.4 Å². The zero-order valence-electron chi connectivity index (χ0n) is 6.64. The maximum Gasteiger partial charge on any atom is 0.180 e. The molecule has 2 atom stereocenters. The van der Waals surface area contributed by atoms with E-state index in [9.17, 15) is 0 Å². The zero-order valence-corrected chi connectivity index (χ0v) is 6.64. The van der Waals surface area contributed by atoms with Gasteiger partial charge in [-0.3, -0.25) is 0 Å². The van der Waals surface area contributed by atoms with E-state index in [0.717, 1.165) is 12.8 Å². The molecule has 0 rings (SSSR count). The number of rotatable bonds is 5. The van der Waals surface area contributed by atoms with E-state index in [0.29, 0.717) is 6.42 Å². The zero-order chi connectivity index (χ0) is 8.85. The van der Waals surface area contributed by atoms with Crippen LogP contribution in [0.3, 0.4) is 0 Å². The van der Waals surface area contributed by atoms with E-state index in [4.69, 9.17) is 20.4 Å². The Labute approximate surface area is 66.1 Å². The van der Waals surface area contributed by atoms with Crippen molar-refractivity contribution in [3.63, 3.8) is 0 Å². The van der Waals surface area contributed by atoms with Crippen LogP contribution in [0, 0.1) is 0 Å². The Kier molecular flexibility index (Phi) is 5.41. The maximum absolute atomic E-state index is 9.05. The van der Waals surface area contributed by atoms with Crippen LogP contribution < -0.4 is 0 Å². The SMILES string of the molecule is CCCC[C@H](O)[C@@H](O)C(O)O. The Bertz CT molecular complexity index is 94.4. The second kappa shape index (κ2) is 5.49. The van der Waals surface area contributed by atoms with Crippen LogP contribution in [-0.2, 0) is 0 Å². The molecule has 11 heavy (non-hydrogen) atoms. The molecular formula is C7H16O4. The quantitative estimate of drug-likeness (QED) is 0.401. The largest absolute Gasteiger partial charge is 0.390 e. The van der Waals surface area contributed by atoms with E-state index in [1.807, 2.05) is 6.92 Å². The van der Waals surface area contributed by atoms with Gasteiger partial charge in [-0.2, -0.15) is 0 Å². The molecule has 0 aromatic carbocycles. The number of hydrogen-bond acceptors (Lipinski definition) is 4. The second-order valence-electron chi connectivity index (χ2n) is 2.61. The normalized spacial score (nSPS) is 16.9. The van der Waals surface area contributed by atoms with Crippen molar-refractivity contribution in [1.29, 1.82) is 0 Å². The number of unbranched alkanes of at least 4 members (excludes halogenated alkanes) is 1. The molecule has 0 bridgehead atoms. The molecule has 0 radical (unpaired) electrons. The summed E-state index contributed by atoms with van der Waals surface area (Å²) in [6.45, 7) is 1.95. The Morgan fingerprint density at radius 3 is 2.00 bits per heavy atom. The van der Waals surface area contributed by atoms with Crippen LogP contribution in [0.4, 0.5) is 0 Å². The Morgan fingerprint density at radius 1 is 1.09 bits per heavy atom. The first-order chi connectivity index (χ1) is 5.09. The first-order valence-electron chi connectivity index (χ1n) is 3.81. The standard InChI is InChI=1S/C7H16O4/c1-2-3-4-5(8)6(9)7(10)11/h5-11H,2-4H2,1H3/t5-,6+/m0/s1. The van der Waals surface area contributed by atoms with Gasteiger partial charge in [0, 0.05) is 0 Å². The average Bonchev–Trinajstić information content (AvgIpc) is 1.98. The van der Waals surface area contributed by atoms with Crippen molar-refractivity contribution in [2.75, 3.05) is 0 Å². The lowest BCUT2D eigenvalue weighted by Crippen LogP contribution is -2.36. The second-order valence-corrected chi connectivity index (χ2v) is 2.61. The average molecular weight is 164 g/mol. The molecule has 0 aromatic heterocycles. The topological polar surface area (TPSA) is 80.9 Å². The lowest BCUT2D eigenvalue weighted by atomic mass is 10.1. The molecule has 0 amide bonds. The van der Waals surface area contributed by atoms with Gasteiger partial charge in [0.05, 0.1) is 6.10 Å². The fraction of sp³-hybridized carbons (Fsp3) is 1.00. The van der Waals surface area contributed by atoms with Crippen molar-refractivity contribution in [3.05, 3.63) is 0 Å². The van der Waals surface area contributed by atoms with E-state index in [1.165, 1.54) is 0 Å². The molecule has 0 fully saturated rings. The summed E-state index contributed by atoms with van der Waals surface area (Å²) < 4.78 is 0. The van der Waals surface area contributed by atoms with Gasteiger partial charge in [-0.25, -0.2) is 0 Å². The Balaban J connectivity index is 3.55. The molecule has 0 heterocycles. The van der Waals surface area contributed by atoms with E-state index in [2.05, 4.69) is 0 Å². The van der Waals surface area contributed by atoms with Crippen LogP contribution in [-0.4, -0.2) is 38.9 Å². The molecule has 0 aliphatic carbocycles. The predicted molar refractivity (Wildman–Crippen MR) is 39.8 cm³/mol. The van der Waals surface area contributed by atoms with Crippen molar-refractivity contribution in [2.45, 2.75) is 44.7 Å². The molecule has 4 nitrogen and oxygen atoms in total. The van der Waals surface area contributed by atoms with Gasteiger partial charge in [-0.15, -0.1) is 0 Å². The molecule has 0 spiro atoms. The molecule has 0 aromatic rings. The van der Waals surface area contributed by atoms with E-state index in [1.54, 1.807) is 0 Å². The predicted octanol–water partition coefficient (Wildman–Crippen LogP) is -0.791. The van der Waals surface area contributed by atoms with Gasteiger partial charge in [0.25, 0.3) is 0 Å². The highest BCUT2D eigenvalue weighted by molar-refractivity contribution is 4.67. The highest BCUT2D eigenvalue weighted by atomic mass is 16.5. The van der Waals surface area contributed by atoms with Gasteiger partial charge in [0.15, 0.2) is 6.29 Å². The third-order valence-electron chi connectivity index (χ3n) is 1.55. The molecule has 0 aliphatic rings. The van der Waals surface area contributed by atoms with E-state index < -0.39 is 18.5 Å². The summed E-state index contributed by atoms with van der Waals surface area (Å²) in [4.78, 5) is 0. The molecule has 4 heteroatoms. The highest BCUT2D eigenvalue weighted by Gasteiger charge is 2.21. The Morgan fingerprint density at radius 2 is 1.64 bits per heavy atom. The molecule has 68 valence electrons. The summed E-state index contributed by atoms with van der Waals surface area (Å²) in [5, 5.41) is 34.8. The van der Waals surface area contributed by atoms with Crippen molar-refractivity contribution in [1.82, 2.24) is 0 Å². The first-order valence-corrected chi connectivity index (χ1v) is 3.81. The first kappa shape index (κ1) is 10.8. The molecule has 0 aliphatic heterocycles. The molecular weight excluding hydrogens is 148 g/mol. The van der Waals surface area contributed by atoms with Gasteiger partial charge in [0.1, 0.15) is 6.10 Å². The molecule has 0 unspecified atom stereocenters. The van der Waals surface area contributed by atoms with E-state index in [-0.39, 0.29) is 0 Å². The van der Waals surface area contributed by atoms with Crippen LogP contribution in [0.5, 0.6) is 0 Å². The smallest absolute Gasteiger partial charge is 0.180 e. The summed E-state index contributed by atoms with van der Waals surface area (Å²) in [7, 11) is 0. The van der Waals surface area contributed by atoms with Crippen molar-refractivity contribution >= 4 is 0 Å². The summed E-state index contributed by atoms with van der Waals surface area (Å²) in [5.74, 6) is 0. The highest BCUT2D eigenvalue weighted by Crippen LogP contribution is 2.06. The molecule has 4 N–H and O–H groups in total. The minimum absolute atomic E-state index is 0.398. The summed E-state index contributed by atoms with van der Waals surface area (Å²) in [5.41, 5.74) is 0. The van der Waals surface area contributed by atoms with Gasteiger partial charge >= 0.3 is 0 Å². The fourth-order valence-electron chi connectivity index (χ4n) is 0.783. The van der Waals surface area contributed by atoms with Gasteiger partial charge in [-0.05, 0) is 6.42 Å². The third kappa shape index (κ3) is 4.31. The lowest BCUT2D eigenvalue weighted by Gasteiger charge is -2.18. The summed E-state index contributed by atoms with van der Waals surface area (Å²) >= 11 is 0. The minimum atomic E-state index is -1.85. The monoisotopic (exact) mass is 164 g/mol. The third-order valence-corrected chi connectivity index (χ3v) is 1.55. The number of aliphatic hydroxyl groups is 4.